The highest BCUT2D eigenvalue weighted by Crippen LogP contribution is 2.37. The Labute approximate surface area is 188 Å². The molecule has 3 nitrogen and oxygen atoms in total. The molecule has 29 heavy (non-hydrogen) atoms. The van der Waals surface area contributed by atoms with Gasteiger partial charge in [-0.2, -0.15) is 0 Å². The summed E-state index contributed by atoms with van der Waals surface area (Å²) in [6.07, 6.45) is 9.35. The molecule has 0 N–H and O–H groups in total. The van der Waals surface area contributed by atoms with Gasteiger partial charge in [0.2, 0.25) is 0 Å². The third-order valence-electron chi connectivity index (χ3n) is 6.39. The Morgan fingerprint density at radius 2 is 1.83 bits per heavy atom. The van der Waals surface area contributed by atoms with Crippen LogP contribution >= 0.6 is 27.5 Å². The van der Waals surface area contributed by atoms with Crippen LogP contribution in [0.3, 0.4) is 0 Å². The maximum absolute atomic E-state index is 6.35. The lowest BCUT2D eigenvalue weighted by Crippen LogP contribution is -2.48. The van der Waals surface area contributed by atoms with Crippen LogP contribution in [0.1, 0.15) is 61.0 Å². The van der Waals surface area contributed by atoms with Gasteiger partial charge in [0.05, 0.1) is 11.7 Å². The first-order chi connectivity index (χ1) is 14.2. The van der Waals surface area contributed by atoms with Gasteiger partial charge in [0, 0.05) is 41.9 Å². The standard InChI is InChI=1S/C24H31BrClN3/c1-2-3-4-5-10-28-11-13-29(14-12-28)24-22-9-8-21(26)16-18(22)6-7-19-15-20(25)17-27-23(19)24/h8-9,15-17,24H,2-7,10-14H2,1H3. The molecule has 1 atom stereocenters. The van der Waals surface area contributed by atoms with Crippen molar-refractivity contribution < 1.29 is 0 Å². The molecular formula is C24H31BrClN3. The lowest BCUT2D eigenvalue weighted by molar-refractivity contribution is 0.106. The van der Waals surface area contributed by atoms with E-state index in [1.807, 2.05) is 12.3 Å². The van der Waals surface area contributed by atoms with Crippen LogP contribution in [0.15, 0.2) is 34.9 Å². The largest absolute Gasteiger partial charge is 0.301 e. The van der Waals surface area contributed by atoms with Crippen molar-refractivity contribution >= 4 is 27.5 Å². The summed E-state index contributed by atoms with van der Waals surface area (Å²) in [7, 11) is 0. The number of unbranched alkanes of at least 4 members (excludes halogenated alkanes) is 3. The van der Waals surface area contributed by atoms with Crippen molar-refractivity contribution in [3.63, 3.8) is 0 Å². The minimum absolute atomic E-state index is 0.232. The number of halogens is 2. The second-order valence-electron chi connectivity index (χ2n) is 8.38. The second-order valence-corrected chi connectivity index (χ2v) is 9.73. The van der Waals surface area contributed by atoms with Gasteiger partial charge in [-0.1, -0.05) is 43.9 Å². The maximum Gasteiger partial charge on any atom is 0.0782 e. The van der Waals surface area contributed by atoms with Gasteiger partial charge >= 0.3 is 0 Å². The zero-order valence-corrected chi connectivity index (χ0v) is 19.7. The number of fused-ring (bicyclic) bond motifs is 2. The predicted octanol–water partition coefficient (Wildman–Crippen LogP) is 5.88. The molecule has 1 aliphatic heterocycles. The van der Waals surface area contributed by atoms with Gasteiger partial charge < -0.3 is 4.90 Å². The van der Waals surface area contributed by atoms with Gasteiger partial charge in [0.15, 0.2) is 0 Å². The van der Waals surface area contributed by atoms with E-state index < -0.39 is 0 Å². The van der Waals surface area contributed by atoms with Crippen LogP contribution in [0.2, 0.25) is 5.02 Å². The van der Waals surface area contributed by atoms with Crippen LogP contribution in [0.25, 0.3) is 0 Å². The quantitative estimate of drug-likeness (QED) is 0.485. The van der Waals surface area contributed by atoms with E-state index in [0.29, 0.717) is 0 Å². The summed E-state index contributed by atoms with van der Waals surface area (Å²) < 4.78 is 1.07. The minimum atomic E-state index is 0.232. The van der Waals surface area contributed by atoms with Crippen molar-refractivity contribution in [1.29, 1.82) is 0 Å². The molecule has 2 heterocycles. The van der Waals surface area contributed by atoms with Crippen molar-refractivity contribution in [1.82, 2.24) is 14.8 Å². The Hall–Kier alpha value is -0.940. The van der Waals surface area contributed by atoms with Crippen LogP contribution in [-0.2, 0) is 12.8 Å². The van der Waals surface area contributed by atoms with E-state index in [9.17, 15) is 0 Å². The molecule has 5 heteroatoms. The molecule has 1 unspecified atom stereocenters. The van der Waals surface area contributed by atoms with E-state index in [1.54, 1.807) is 0 Å². The summed E-state index contributed by atoms with van der Waals surface area (Å²) in [4.78, 5) is 10.2. The number of hydrogen-bond donors (Lipinski definition) is 0. The van der Waals surface area contributed by atoms with Gasteiger partial charge in [-0.05, 0) is 76.6 Å². The fourth-order valence-corrected chi connectivity index (χ4v) is 5.36. The average Bonchev–Trinajstić information content (AvgIpc) is 2.88. The summed E-state index contributed by atoms with van der Waals surface area (Å²) in [6.45, 7) is 8.01. The molecule has 0 saturated carbocycles. The van der Waals surface area contributed by atoms with Crippen molar-refractivity contribution in [3.8, 4) is 0 Å². The first kappa shape index (κ1) is 21.3. The third-order valence-corrected chi connectivity index (χ3v) is 7.06. The van der Waals surface area contributed by atoms with E-state index in [-0.39, 0.29) is 6.04 Å². The molecule has 0 amide bonds. The summed E-state index contributed by atoms with van der Waals surface area (Å²) in [6, 6.07) is 8.93. The topological polar surface area (TPSA) is 19.4 Å². The van der Waals surface area contributed by atoms with Crippen LogP contribution in [-0.4, -0.2) is 47.5 Å². The summed E-state index contributed by atoms with van der Waals surface area (Å²) in [5.74, 6) is 0. The highest BCUT2D eigenvalue weighted by Gasteiger charge is 2.32. The van der Waals surface area contributed by atoms with E-state index in [0.717, 1.165) is 48.5 Å². The molecule has 2 aliphatic rings. The Kier molecular flexibility index (Phi) is 7.28. The van der Waals surface area contributed by atoms with E-state index in [2.05, 4.69) is 50.9 Å². The lowest BCUT2D eigenvalue weighted by atomic mass is 9.96. The molecule has 0 spiro atoms. The number of aromatic nitrogens is 1. The molecule has 1 fully saturated rings. The molecule has 156 valence electrons. The Morgan fingerprint density at radius 1 is 1.03 bits per heavy atom. The number of nitrogens with zero attached hydrogens (tertiary/aromatic N) is 3. The second kappa shape index (κ2) is 9.91. The molecule has 1 aromatic heterocycles. The molecule has 0 bridgehead atoms. The lowest BCUT2D eigenvalue weighted by Gasteiger charge is -2.40. The van der Waals surface area contributed by atoms with Crippen molar-refractivity contribution in [2.24, 2.45) is 0 Å². The SMILES string of the molecule is CCCCCCN1CCN(C2c3ccc(Cl)cc3CCc3cc(Br)cnc32)CC1. The Bertz CT molecular complexity index is 779. The highest BCUT2D eigenvalue weighted by atomic mass is 79.9. The molecular weight excluding hydrogens is 446 g/mol. The average molecular weight is 477 g/mol. The smallest absolute Gasteiger partial charge is 0.0782 e. The van der Waals surface area contributed by atoms with Crippen LogP contribution in [0.4, 0.5) is 0 Å². The number of hydrogen-bond acceptors (Lipinski definition) is 3. The fraction of sp³-hybridized carbons (Fsp3) is 0.542. The van der Waals surface area contributed by atoms with Crippen LogP contribution < -0.4 is 0 Å². The maximum atomic E-state index is 6.35. The van der Waals surface area contributed by atoms with Gasteiger partial charge in [0.1, 0.15) is 0 Å². The fourth-order valence-electron chi connectivity index (χ4n) is 4.79. The molecule has 1 saturated heterocycles. The van der Waals surface area contributed by atoms with E-state index >= 15 is 0 Å². The van der Waals surface area contributed by atoms with Crippen molar-refractivity contribution in [3.05, 3.63) is 62.3 Å². The zero-order chi connectivity index (χ0) is 20.2. The zero-order valence-electron chi connectivity index (χ0n) is 17.3. The van der Waals surface area contributed by atoms with Crippen molar-refractivity contribution in [2.75, 3.05) is 32.7 Å². The number of piperazine rings is 1. The Morgan fingerprint density at radius 3 is 2.62 bits per heavy atom. The molecule has 1 aliphatic carbocycles. The number of aryl methyl sites for hydroxylation is 2. The van der Waals surface area contributed by atoms with Gasteiger partial charge in [-0.3, -0.25) is 9.88 Å². The normalized spacial score (nSPS) is 20.2. The molecule has 4 rings (SSSR count). The molecule has 0 radical (unpaired) electrons. The number of benzene rings is 1. The first-order valence-corrected chi connectivity index (χ1v) is 12.2. The van der Waals surface area contributed by atoms with Crippen LogP contribution in [0, 0.1) is 0 Å². The summed E-state index contributed by atoms with van der Waals surface area (Å²) >= 11 is 9.96. The van der Waals surface area contributed by atoms with E-state index in [1.165, 1.54) is 54.6 Å². The minimum Gasteiger partial charge on any atom is -0.301 e. The number of rotatable bonds is 6. The van der Waals surface area contributed by atoms with Gasteiger partial charge in [-0.15, -0.1) is 0 Å². The Balaban J connectivity index is 1.55. The van der Waals surface area contributed by atoms with Crippen LogP contribution in [0.5, 0.6) is 0 Å². The molecule has 2 aromatic rings. The summed E-state index contributed by atoms with van der Waals surface area (Å²) in [5.41, 5.74) is 5.35. The van der Waals surface area contributed by atoms with Gasteiger partial charge in [-0.25, -0.2) is 0 Å². The summed E-state index contributed by atoms with van der Waals surface area (Å²) in [5, 5.41) is 0.833. The monoisotopic (exact) mass is 475 g/mol. The van der Waals surface area contributed by atoms with Gasteiger partial charge in [0.25, 0.3) is 0 Å². The highest BCUT2D eigenvalue weighted by molar-refractivity contribution is 9.10. The predicted molar refractivity (Wildman–Crippen MR) is 125 cm³/mol. The molecule has 1 aromatic carbocycles. The number of pyridine rings is 1. The first-order valence-electron chi connectivity index (χ1n) is 11.0. The van der Waals surface area contributed by atoms with E-state index in [4.69, 9.17) is 16.6 Å². The third kappa shape index (κ3) is 5.04. The van der Waals surface area contributed by atoms with Crippen molar-refractivity contribution in [2.45, 2.75) is 51.5 Å².